The Morgan fingerprint density at radius 3 is 2.68 bits per heavy atom. The summed E-state index contributed by atoms with van der Waals surface area (Å²) in [4.78, 5) is 19.8. The fourth-order valence-electron chi connectivity index (χ4n) is 2.38. The molecule has 4 nitrogen and oxygen atoms in total. The van der Waals surface area contributed by atoms with Crippen LogP contribution in [0.15, 0.2) is 42.5 Å². The van der Waals surface area contributed by atoms with Crippen molar-refractivity contribution in [3.8, 4) is 11.4 Å². The van der Waals surface area contributed by atoms with Crippen molar-refractivity contribution in [2.75, 3.05) is 6.54 Å². The monoisotopic (exact) mass is 293 g/mol. The molecule has 0 aliphatic rings. The van der Waals surface area contributed by atoms with E-state index in [1.54, 1.807) is 0 Å². The highest BCUT2D eigenvalue weighted by molar-refractivity contribution is 5.94. The summed E-state index contributed by atoms with van der Waals surface area (Å²) in [5.41, 5.74) is 4.82. The third-order valence-corrected chi connectivity index (χ3v) is 3.59. The predicted molar refractivity (Wildman–Crippen MR) is 88.9 cm³/mol. The molecule has 3 rings (SSSR count). The third kappa shape index (κ3) is 2.86. The van der Waals surface area contributed by atoms with Crippen LogP contribution in [0.2, 0.25) is 0 Å². The summed E-state index contributed by atoms with van der Waals surface area (Å²) >= 11 is 0. The lowest BCUT2D eigenvalue weighted by atomic mass is 10.1. The molecule has 0 aliphatic heterocycles. The van der Waals surface area contributed by atoms with Crippen molar-refractivity contribution in [2.45, 2.75) is 20.3 Å². The number of amides is 1. The van der Waals surface area contributed by atoms with Crippen LogP contribution in [0.3, 0.4) is 0 Å². The summed E-state index contributed by atoms with van der Waals surface area (Å²) < 4.78 is 0. The van der Waals surface area contributed by atoms with Crippen LogP contribution in [0.5, 0.6) is 0 Å². The molecule has 0 radical (unpaired) electrons. The first-order chi connectivity index (χ1) is 10.7. The molecule has 2 aromatic carbocycles. The number of rotatable bonds is 4. The number of imidazole rings is 1. The number of benzene rings is 2. The number of nitrogens with one attached hydrogen (secondary N) is 2. The number of H-pyrrole nitrogens is 1. The molecule has 0 spiro atoms. The summed E-state index contributed by atoms with van der Waals surface area (Å²) in [5, 5.41) is 2.87. The van der Waals surface area contributed by atoms with E-state index >= 15 is 0 Å². The minimum absolute atomic E-state index is 0.0337. The predicted octanol–water partition coefficient (Wildman–Crippen LogP) is 3.68. The maximum atomic E-state index is 11.9. The van der Waals surface area contributed by atoms with E-state index in [9.17, 15) is 4.79 Å². The van der Waals surface area contributed by atoms with Crippen LogP contribution in [-0.2, 0) is 0 Å². The molecule has 1 amide bonds. The van der Waals surface area contributed by atoms with Gasteiger partial charge in [-0.25, -0.2) is 4.98 Å². The van der Waals surface area contributed by atoms with Gasteiger partial charge in [0.2, 0.25) is 0 Å². The first kappa shape index (κ1) is 14.3. The molecule has 22 heavy (non-hydrogen) atoms. The van der Waals surface area contributed by atoms with Crippen LogP contribution in [0, 0.1) is 6.92 Å². The summed E-state index contributed by atoms with van der Waals surface area (Å²) in [6, 6.07) is 13.7. The Bertz CT molecular complexity index is 803. The first-order valence-electron chi connectivity index (χ1n) is 7.52. The number of nitrogens with zero attached hydrogens (tertiary/aromatic N) is 1. The lowest BCUT2D eigenvalue weighted by Gasteiger charge is -2.04. The zero-order valence-corrected chi connectivity index (χ0v) is 12.8. The second kappa shape index (κ2) is 6.02. The molecular formula is C18H19N3O. The fourth-order valence-corrected chi connectivity index (χ4v) is 2.38. The summed E-state index contributed by atoms with van der Waals surface area (Å²) in [6.45, 7) is 4.79. The van der Waals surface area contributed by atoms with Gasteiger partial charge in [0.05, 0.1) is 11.0 Å². The quantitative estimate of drug-likeness (QED) is 0.771. The van der Waals surface area contributed by atoms with E-state index in [0.29, 0.717) is 12.1 Å². The highest BCUT2D eigenvalue weighted by Crippen LogP contribution is 2.21. The van der Waals surface area contributed by atoms with E-state index < -0.39 is 0 Å². The second-order valence-electron chi connectivity index (χ2n) is 5.44. The molecule has 0 fully saturated rings. The molecule has 0 atom stereocenters. The van der Waals surface area contributed by atoms with E-state index in [1.165, 1.54) is 5.56 Å². The Balaban J connectivity index is 1.86. The van der Waals surface area contributed by atoms with Gasteiger partial charge >= 0.3 is 0 Å². The van der Waals surface area contributed by atoms with E-state index in [1.807, 2.05) is 43.3 Å². The van der Waals surface area contributed by atoms with E-state index in [2.05, 4.69) is 28.3 Å². The lowest BCUT2D eigenvalue weighted by Crippen LogP contribution is -2.23. The maximum Gasteiger partial charge on any atom is 0.251 e. The molecule has 0 aliphatic carbocycles. The molecule has 3 aromatic rings. The number of aryl methyl sites for hydroxylation is 1. The Morgan fingerprint density at radius 1 is 1.18 bits per heavy atom. The second-order valence-corrected chi connectivity index (χ2v) is 5.44. The van der Waals surface area contributed by atoms with Crippen molar-refractivity contribution in [1.29, 1.82) is 0 Å². The number of aromatic amines is 1. The average Bonchev–Trinajstić information content (AvgIpc) is 2.95. The number of carbonyl (C=O) groups excluding carboxylic acids is 1. The number of aromatic nitrogens is 2. The van der Waals surface area contributed by atoms with Gasteiger partial charge in [0, 0.05) is 17.7 Å². The van der Waals surface area contributed by atoms with Crippen LogP contribution >= 0.6 is 0 Å². The highest BCUT2D eigenvalue weighted by atomic mass is 16.1. The van der Waals surface area contributed by atoms with Crippen LogP contribution in [-0.4, -0.2) is 22.4 Å². The number of hydrogen-bond donors (Lipinski definition) is 2. The topological polar surface area (TPSA) is 57.8 Å². The van der Waals surface area contributed by atoms with Gasteiger partial charge < -0.3 is 10.3 Å². The van der Waals surface area contributed by atoms with Crippen molar-refractivity contribution in [3.63, 3.8) is 0 Å². The van der Waals surface area contributed by atoms with Crippen LogP contribution in [0.25, 0.3) is 22.4 Å². The van der Waals surface area contributed by atoms with Crippen molar-refractivity contribution in [3.05, 3.63) is 53.6 Å². The van der Waals surface area contributed by atoms with E-state index in [-0.39, 0.29) is 5.91 Å². The standard InChI is InChI=1S/C18H19N3O/c1-3-10-19-18(22)14-7-5-13(6-8-14)17-20-15-9-4-12(2)11-16(15)21-17/h4-9,11H,3,10H2,1-2H3,(H,19,22)(H,20,21). The largest absolute Gasteiger partial charge is 0.352 e. The molecule has 2 N–H and O–H groups in total. The Hall–Kier alpha value is -2.62. The number of carbonyl (C=O) groups is 1. The van der Waals surface area contributed by atoms with Crippen molar-refractivity contribution in [2.24, 2.45) is 0 Å². The van der Waals surface area contributed by atoms with Gasteiger partial charge in [-0.3, -0.25) is 4.79 Å². The van der Waals surface area contributed by atoms with Crippen LogP contribution < -0.4 is 5.32 Å². The minimum Gasteiger partial charge on any atom is -0.352 e. The van der Waals surface area contributed by atoms with E-state index in [4.69, 9.17) is 0 Å². The molecule has 0 bridgehead atoms. The van der Waals surface area contributed by atoms with Gasteiger partial charge in [-0.2, -0.15) is 0 Å². The van der Waals surface area contributed by atoms with Gasteiger partial charge in [-0.05, 0) is 43.2 Å². The molecule has 0 saturated carbocycles. The zero-order valence-electron chi connectivity index (χ0n) is 12.8. The molecule has 1 heterocycles. The Kier molecular flexibility index (Phi) is 3.92. The van der Waals surface area contributed by atoms with Crippen molar-refractivity contribution >= 4 is 16.9 Å². The molecule has 0 saturated heterocycles. The van der Waals surface area contributed by atoms with Crippen molar-refractivity contribution in [1.82, 2.24) is 15.3 Å². The minimum atomic E-state index is -0.0337. The van der Waals surface area contributed by atoms with Gasteiger partial charge in [0.15, 0.2) is 0 Å². The fraction of sp³-hybridized carbons (Fsp3) is 0.222. The van der Waals surface area contributed by atoms with E-state index in [0.717, 1.165) is 28.8 Å². The van der Waals surface area contributed by atoms with Gasteiger partial charge in [0.1, 0.15) is 5.82 Å². The molecule has 112 valence electrons. The van der Waals surface area contributed by atoms with Crippen LogP contribution in [0.4, 0.5) is 0 Å². The van der Waals surface area contributed by atoms with Gasteiger partial charge in [-0.1, -0.05) is 25.1 Å². The normalized spacial score (nSPS) is 10.8. The third-order valence-electron chi connectivity index (χ3n) is 3.59. The Morgan fingerprint density at radius 2 is 1.95 bits per heavy atom. The van der Waals surface area contributed by atoms with Gasteiger partial charge in [-0.15, -0.1) is 0 Å². The molecular weight excluding hydrogens is 274 g/mol. The van der Waals surface area contributed by atoms with Gasteiger partial charge in [0.25, 0.3) is 5.91 Å². The molecule has 1 aromatic heterocycles. The SMILES string of the molecule is CCCNC(=O)c1ccc(-c2nc3ccc(C)cc3[nH]2)cc1. The first-order valence-corrected chi connectivity index (χ1v) is 7.52. The summed E-state index contributed by atoms with van der Waals surface area (Å²) in [6.07, 6.45) is 0.933. The maximum absolute atomic E-state index is 11.9. The summed E-state index contributed by atoms with van der Waals surface area (Å²) in [7, 11) is 0. The molecule has 4 heteroatoms. The molecule has 0 unspecified atom stereocenters. The van der Waals surface area contributed by atoms with Crippen molar-refractivity contribution < 1.29 is 4.79 Å². The number of fused-ring (bicyclic) bond motifs is 1. The number of hydrogen-bond acceptors (Lipinski definition) is 2. The Labute approximate surface area is 129 Å². The highest BCUT2D eigenvalue weighted by Gasteiger charge is 2.08. The zero-order chi connectivity index (χ0) is 15.5. The lowest BCUT2D eigenvalue weighted by molar-refractivity contribution is 0.0953. The average molecular weight is 293 g/mol. The smallest absolute Gasteiger partial charge is 0.251 e. The van der Waals surface area contributed by atoms with Crippen LogP contribution in [0.1, 0.15) is 29.3 Å². The summed E-state index contributed by atoms with van der Waals surface area (Å²) in [5.74, 6) is 0.787.